The maximum Gasteiger partial charge on any atom is 0.305 e. The third-order valence-electron chi connectivity index (χ3n) is 9.54. The molecule has 5 rings (SSSR count). The van der Waals surface area contributed by atoms with Crippen LogP contribution in [0.4, 0.5) is 0 Å². The van der Waals surface area contributed by atoms with Crippen molar-refractivity contribution in [1.29, 1.82) is 0 Å². The fraction of sp³-hybridized carbons (Fsp3) is 0.444. The van der Waals surface area contributed by atoms with Gasteiger partial charge in [-0.1, -0.05) is 20.8 Å². The van der Waals surface area contributed by atoms with Crippen LogP contribution >= 0.6 is 0 Å². The molecule has 8 bridgehead atoms. The lowest BCUT2D eigenvalue weighted by molar-refractivity contribution is -0.141. The second-order valence-electron chi connectivity index (χ2n) is 11.9. The molecule has 0 amide bonds. The molecule has 0 aliphatic carbocycles. The van der Waals surface area contributed by atoms with Crippen molar-refractivity contribution < 1.29 is 19.1 Å². The van der Waals surface area contributed by atoms with Gasteiger partial charge in [0.05, 0.1) is 25.6 Å². The quantitative estimate of drug-likeness (QED) is 0.257. The predicted molar refractivity (Wildman–Crippen MR) is 175 cm³/mol. The first-order chi connectivity index (χ1) is 21.1. The van der Waals surface area contributed by atoms with E-state index in [1.165, 1.54) is 36.5 Å². The molecule has 3 aromatic rings. The summed E-state index contributed by atoms with van der Waals surface area (Å²) in [6.07, 6.45) is 3.49. The van der Waals surface area contributed by atoms with Crippen LogP contribution in [0.3, 0.4) is 0 Å². The molecule has 0 radical (unpaired) electrons. The summed E-state index contributed by atoms with van der Waals surface area (Å²) in [5.74, 6) is -0.386. The molecule has 0 aromatic carbocycles. The van der Waals surface area contributed by atoms with Crippen molar-refractivity contribution in [2.75, 3.05) is 14.2 Å². The van der Waals surface area contributed by atoms with Gasteiger partial charge in [-0.3, -0.25) is 14.6 Å². The monoisotopic (exact) mass is 596 g/mol. The third kappa shape index (κ3) is 5.82. The summed E-state index contributed by atoms with van der Waals surface area (Å²) in [5, 5.41) is 0. The average Bonchev–Trinajstić information content (AvgIpc) is 3.67. The van der Waals surface area contributed by atoms with Crippen molar-refractivity contribution >= 4 is 45.2 Å². The number of esters is 2. The number of nitrogens with zero attached hydrogens (tertiary/aromatic N) is 2. The smallest absolute Gasteiger partial charge is 0.305 e. The standard InChI is InChI=1S/C36H44N4O4/c1-9-23-19(3)27-15-28-21(5)25(11-13-35(41)43-7)33(39-28)18-34-26(12-14-36(42)44-8)22(6)30(40-34)17-32-24(10-2)20(4)29(38-32)16-31(23)37-27/h15-18,22,26,37-38H,9-14H2,1-8H3. The summed E-state index contributed by atoms with van der Waals surface area (Å²) < 4.78 is 9.94. The minimum Gasteiger partial charge on any atom is -0.469 e. The highest BCUT2D eigenvalue weighted by atomic mass is 16.5. The maximum atomic E-state index is 12.2. The molecule has 2 N–H and O–H groups in total. The lowest BCUT2D eigenvalue weighted by Crippen LogP contribution is -2.07. The lowest BCUT2D eigenvalue weighted by atomic mass is 9.87. The fourth-order valence-electron chi connectivity index (χ4n) is 6.78. The molecule has 0 saturated carbocycles. The minimum absolute atomic E-state index is 0.0148. The zero-order valence-electron chi connectivity index (χ0n) is 27.2. The minimum atomic E-state index is -0.256. The Kier molecular flexibility index (Phi) is 9.09. The van der Waals surface area contributed by atoms with Gasteiger partial charge in [0, 0.05) is 58.1 Å². The Balaban J connectivity index is 1.85. The van der Waals surface area contributed by atoms with Gasteiger partial charge in [-0.15, -0.1) is 0 Å². The number of rotatable bonds is 8. The van der Waals surface area contributed by atoms with Gasteiger partial charge < -0.3 is 19.4 Å². The van der Waals surface area contributed by atoms with Gasteiger partial charge in [-0.25, -0.2) is 4.98 Å². The Bertz CT molecular complexity index is 1810. The highest BCUT2D eigenvalue weighted by molar-refractivity contribution is 5.93. The molecular weight excluding hydrogens is 552 g/mol. The maximum absolute atomic E-state index is 12.2. The summed E-state index contributed by atoms with van der Waals surface area (Å²) in [6.45, 7) is 13.0. The van der Waals surface area contributed by atoms with E-state index < -0.39 is 0 Å². The van der Waals surface area contributed by atoms with E-state index in [0.717, 1.165) is 68.8 Å². The second kappa shape index (κ2) is 12.8. The topological polar surface area (TPSA) is 110 Å². The van der Waals surface area contributed by atoms with Crippen LogP contribution in [0.1, 0.15) is 110 Å². The Hall–Kier alpha value is -4.20. The van der Waals surface area contributed by atoms with Crippen molar-refractivity contribution in [3.8, 4) is 0 Å². The van der Waals surface area contributed by atoms with E-state index in [0.29, 0.717) is 19.3 Å². The van der Waals surface area contributed by atoms with Crippen molar-refractivity contribution in [2.45, 2.75) is 91.9 Å². The number of aryl methyl sites for hydroxylation is 4. The number of hydrogen-bond acceptors (Lipinski definition) is 6. The van der Waals surface area contributed by atoms with E-state index in [1.807, 2.05) is 0 Å². The van der Waals surface area contributed by atoms with Gasteiger partial charge in [-0.2, -0.15) is 0 Å². The predicted octanol–water partition coefficient (Wildman–Crippen LogP) is 7.78. The van der Waals surface area contributed by atoms with Crippen LogP contribution in [-0.4, -0.2) is 46.1 Å². The molecule has 2 aliphatic rings. The Morgan fingerprint density at radius 1 is 0.750 bits per heavy atom. The van der Waals surface area contributed by atoms with Gasteiger partial charge in [0.1, 0.15) is 0 Å². The molecule has 2 atom stereocenters. The van der Waals surface area contributed by atoms with Crippen molar-refractivity contribution in [1.82, 2.24) is 19.9 Å². The summed E-state index contributed by atoms with van der Waals surface area (Å²) in [5.41, 5.74) is 14.8. The molecule has 44 heavy (non-hydrogen) atoms. The van der Waals surface area contributed by atoms with E-state index >= 15 is 0 Å². The van der Waals surface area contributed by atoms with Crippen molar-refractivity contribution in [3.05, 3.63) is 69.3 Å². The molecule has 3 aromatic heterocycles. The molecule has 0 fully saturated rings. The van der Waals surface area contributed by atoms with Crippen molar-refractivity contribution in [3.63, 3.8) is 0 Å². The van der Waals surface area contributed by atoms with Crippen LogP contribution in [0.5, 0.6) is 0 Å². The Labute approximate surface area is 259 Å². The van der Waals surface area contributed by atoms with Gasteiger partial charge in [0.15, 0.2) is 0 Å². The molecule has 5 heterocycles. The number of fused-ring (bicyclic) bond motifs is 8. The molecule has 2 unspecified atom stereocenters. The molecule has 0 saturated heterocycles. The zero-order chi connectivity index (χ0) is 31.7. The van der Waals surface area contributed by atoms with Gasteiger partial charge in [0.2, 0.25) is 0 Å². The van der Waals surface area contributed by atoms with E-state index in [9.17, 15) is 9.59 Å². The normalized spacial score (nSPS) is 16.4. The molecule has 8 nitrogen and oxygen atoms in total. The van der Waals surface area contributed by atoms with Gasteiger partial charge in [0.25, 0.3) is 0 Å². The molecule has 0 spiro atoms. The highest BCUT2D eigenvalue weighted by Crippen LogP contribution is 2.41. The van der Waals surface area contributed by atoms with Gasteiger partial charge >= 0.3 is 11.9 Å². The first kappa shape index (κ1) is 31.2. The van der Waals surface area contributed by atoms with E-state index in [4.69, 9.17) is 19.4 Å². The number of H-pyrrole nitrogens is 2. The molecule has 8 heteroatoms. The summed E-state index contributed by atoms with van der Waals surface area (Å²) in [6, 6.07) is 8.59. The van der Waals surface area contributed by atoms with E-state index in [2.05, 4.69) is 75.8 Å². The number of ether oxygens (including phenoxy) is 2. The molecular formula is C36H44N4O4. The van der Waals surface area contributed by atoms with Crippen LogP contribution in [0.15, 0.2) is 24.3 Å². The van der Waals surface area contributed by atoms with Crippen molar-refractivity contribution in [2.24, 2.45) is 0 Å². The first-order valence-corrected chi connectivity index (χ1v) is 15.7. The number of methoxy groups -OCH3 is 2. The summed E-state index contributed by atoms with van der Waals surface area (Å²) in [4.78, 5) is 42.1. The SMILES string of the molecule is CCc1c(C)c2cc3[nH]c(cc4nc(cc5nc(cc1[nH]2)C(C)C5CCC(=O)OC)C(CCC(=O)OC)=C4C)c(C)c3CC. The number of carbonyl (C=O) groups excluding carboxylic acids is 2. The fourth-order valence-corrected chi connectivity index (χ4v) is 6.78. The number of aromatic amines is 2. The average molecular weight is 597 g/mol. The van der Waals surface area contributed by atoms with Crippen LogP contribution in [-0.2, 0) is 31.9 Å². The molecule has 2 aliphatic heterocycles. The largest absolute Gasteiger partial charge is 0.469 e. The van der Waals surface area contributed by atoms with Crippen LogP contribution in [0.2, 0.25) is 0 Å². The number of hydrogen-bond donors (Lipinski definition) is 2. The van der Waals surface area contributed by atoms with E-state index in [1.54, 1.807) is 0 Å². The number of aromatic nitrogens is 4. The third-order valence-corrected chi connectivity index (χ3v) is 9.54. The number of carbonyl (C=O) groups is 2. The summed E-state index contributed by atoms with van der Waals surface area (Å²) in [7, 11) is 2.84. The summed E-state index contributed by atoms with van der Waals surface area (Å²) >= 11 is 0. The highest BCUT2D eigenvalue weighted by Gasteiger charge is 2.30. The zero-order valence-corrected chi connectivity index (χ0v) is 27.2. The van der Waals surface area contributed by atoms with E-state index in [-0.39, 0.29) is 30.2 Å². The lowest BCUT2D eigenvalue weighted by Gasteiger charge is -2.15. The Morgan fingerprint density at radius 3 is 1.95 bits per heavy atom. The first-order valence-electron chi connectivity index (χ1n) is 15.7. The van der Waals surface area contributed by atoms with Crippen LogP contribution in [0.25, 0.3) is 33.2 Å². The number of nitrogens with one attached hydrogen (secondary N) is 2. The Morgan fingerprint density at radius 2 is 1.34 bits per heavy atom. The van der Waals surface area contributed by atoms with Gasteiger partial charge in [-0.05, 0) is 104 Å². The van der Waals surface area contributed by atoms with Crippen LogP contribution < -0.4 is 0 Å². The second-order valence-corrected chi connectivity index (χ2v) is 11.9. The molecule has 232 valence electrons. The number of allylic oxidation sites excluding steroid dienone is 2. The van der Waals surface area contributed by atoms with Crippen LogP contribution in [0, 0.1) is 13.8 Å².